The van der Waals surface area contributed by atoms with Gasteiger partial charge in [-0.3, -0.25) is 4.79 Å². The van der Waals surface area contributed by atoms with E-state index in [2.05, 4.69) is 32.6 Å². The van der Waals surface area contributed by atoms with E-state index in [1.807, 2.05) is 13.0 Å². The molecule has 0 unspecified atom stereocenters. The lowest BCUT2D eigenvalue weighted by atomic mass is 9.72. The van der Waals surface area contributed by atoms with Crippen molar-refractivity contribution in [3.05, 3.63) is 36.0 Å². The van der Waals surface area contributed by atoms with Crippen molar-refractivity contribution in [1.82, 2.24) is 0 Å². The fourth-order valence-electron chi connectivity index (χ4n) is 2.62. The summed E-state index contributed by atoms with van der Waals surface area (Å²) in [5.74, 6) is -1.07. The Labute approximate surface area is 116 Å². The molecule has 0 aromatic rings. The molecule has 1 aliphatic rings. The van der Waals surface area contributed by atoms with E-state index in [0.717, 1.165) is 25.7 Å². The van der Waals surface area contributed by atoms with Crippen LogP contribution in [0.25, 0.3) is 0 Å². The van der Waals surface area contributed by atoms with Gasteiger partial charge in [0.05, 0.1) is 5.92 Å². The van der Waals surface area contributed by atoms with Crippen LogP contribution >= 0.6 is 0 Å². The summed E-state index contributed by atoms with van der Waals surface area (Å²) >= 11 is 0. The third-order valence-electron chi connectivity index (χ3n) is 4.31. The van der Waals surface area contributed by atoms with Crippen LogP contribution in [-0.2, 0) is 4.79 Å². The molecule has 2 heteroatoms. The number of carbonyl (C=O) groups is 1. The highest BCUT2D eigenvalue weighted by Crippen LogP contribution is 2.38. The predicted molar refractivity (Wildman–Crippen MR) is 80.0 cm³/mol. The van der Waals surface area contributed by atoms with Crippen LogP contribution < -0.4 is 0 Å². The van der Waals surface area contributed by atoms with E-state index in [9.17, 15) is 9.90 Å². The first-order chi connectivity index (χ1) is 8.89. The molecule has 0 fully saturated rings. The molecule has 0 heterocycles. The number of rotatable bonds is 2. The maximum absolute atomic E-state index is 11.6. The molecule has 106 valence electrons. The van der Waals surface area contributed by atoms with Crippen molar-refractivity contribution in [2.75, 3.05) is 0 Å². The summed E-state index contributed by atoms with van der Waals surface area (Å²) in [5.41, 5.74) is 2.27. The van der Waals surface area contributed by atoms with E-state index in [1.54, 1.807) is 0 Å². The van der Waals surface area contributed by atoms with Crippen molar-refractivity contribution < 1.29 is 9.90 Å². The molecular weight excluding hydrogens is 236 g/mol. The van der Waals surface area contributed by atoms with Crippen LogP contribution in [0, 0.1) is 11.3 Å². The zero-order valence-electron chi connectivity index (χ0n) is 12.4. The van der Waals surface area contributed by atoms with Crippen LogP contribution in [-0.4, -0.2) is 11.1 Å². The molecule has 1 N–H and O–H groups in total. The third-order valence-corrected chi connectivity index (χ3v) is 4.31. The SMILES string of the molecule is C=C[C@@]1(C)C/C=C(\C)CCC=C(C)CC[C@@H]1C(=O)O. The van der Waals surface area contributed by atoms with Crippen LogP contribution in [0.1, 0.15) is 52.9 Å². The van der Waals surface area contributed by atoms with Crippen molar-refractivity contribution >= 4 is 5.97 Å². The predicted octanol–water partition coefficient (Wildman–Crippen LogP) is 4.74. The van der Waals surface area contributed by atoms with Gasteiger partial charge in [0.15, 0.2) is 0 Å². The highest BCUT2D eigenvalue weighted by molar-refractivity contribution is 5.71. The van der Waals surface area contributed by atoms with Gasteiger partial charge in [0.2, 0.25) is 0 Å². The second-order valence-electron chi connectivity index (χ2n) is 5.98. The average molecular weight is 262 g/mol. The van der Waals surface area contributed by atoms with Gasteiger partial charge in [-0.05, 0) is 46.0 Å². The van der Waals surface area contributed by atoms with E-state index in [4.69, 9.17) is 0 Å². The van der Waals surface area contributed by atoms with Crippen molar-refractivity contribution in [2.45, 2.75) is 52.9 Å². The van der Waals surface area contributed by atoms with Crippen molar-refractivity contribution in [3.8, 4) is 0 Å². The molecule has 0 aromatic carbocycles. The first kappa shape index (κ1) is 15.7. The Morgan fingerprint density at radius 3 is 2.58 bits per heavy atom. The molecule has 0 bridgehead atoms. The fourth-order valence-corrected chi connectivity index (χ4v) is 2.62. The van der Waals surface area contributed by atoms with Crippen molar-refractivity contribution in [3.63, 3.8) is 0 Å². The molecule has 0 aromatic heterocycles. The van der Waals surface area contributed by atoms with Gasteiger partial charge in [0.25, 0.3) is 0 Å². The van der Waals surface area contributed by atoms with E-state index in [1.165, 1.54) is 11.1 Å². The number of hydrogen-bond donors (Lipinski definition) is 1. The topological polar surface area (TPSA) is 37.3 Å². The standard InChI is InChI=1S/C17H26O2/c1-5-17(4)12-11-14(3)8-6-7-13(2)9-10-15(17)16(18)19/h5,7,11,15H,1,6,8-10,12H2,2-4H3,(H,18,19)/b13-7?,14-11+/t15-,17+/m1/s1. The Hall–Kier alpha value is -1.31. The number of allylic oxidation sites excluding steroid dienone is 5. The van der Waals surface area contributed by atoms with Gasteiger partial charge in [-0.25, -0.2) is 0 Å². The van der Waals surface area contributed by atoms with Crippen LogP contribution in [0.5, 0.6) is 0 Å². The minimum absolute atomic E-state index is 0.363. The molecule has 2 atom stereocenters. The largest absolute Gasteiger partial charge is 0.481 e. The lowest BCUT2D eigenvalue weighted by Crippen LogP contribution is -2.31. The van der Waals surface area contributed by atoms with Gasteiger partial charge < -0.3 is 5.11 Å². The number of carboxylic acids is 1. The maximum Gasteiger partial charge on any atom is 0.307 e. The first-order valence-corrected chi connectivity index (χ1v) is 7.06. The molecule has 0 spiro atoms. The highest BCUT2D eigenvalue weighted by atomic mass is 16.4. The van der Waals surface area contributed by atoms with Gasteiger partial charge in [0, 0.05) is 5.41 Å². The van der Waals surface area contributed by atoms with Crippen molar-refractivity contribution in [2.24, 2.45) is 11.3 Å². The summed E-state index contributed by atoms with van der Waals surface area (Å²) in [5, 5.41) is 9.52. The van der Waals surface area contributed by atoms with Gasteiger partial charge in [-0.1, -0.05) is 36.3 Å². The van der Waals surface area contributed by atoms with E-state index < -0.39 is 5.97 Å². The average Bonchev–Trinajstić information content (AvgIpc) is 2.37. The number of aliphatic carboxylic acids is 1. The quantitative estimate of drug-likeness (QED) is 0.730. The Kier molecular flexibility index (Phi) is 5.59. The smallest absolute Gasteiger partial charge is 0.307 e. The molecular formula is C17H26O2. The molecule has 0 saturated heterocycles. The van der Waals surface area contributed by atoms with Crippen LogP contribution in [0.4, 0.5) is 0 Å². The monoisotopic (exact) mass is 262 g/mol. The summed E-state index contributed by atoms with van der Waals surface area (Å²) in [4.78, 5) is 11.6. The molecule has 0 amide bonds. The normalized spacial score (nSPS) is 32.5. The Balaban J connectivity index is 3.07. The minimum Gasteiger partial charge on any atom is -0.481 e. The maximum atomic E-state index is 11.6. The van der Waals surface area contributed by atoms with Gasteiger partial charge in [-0.15, -0.1) is 6.58 Å². The van der Waals surface area contributed by atoms with E-state index in [0.29, 0.717) is 6.42 Å². The van der Waals surface area contributed by atoms with Crippen LogP contribution in [0.3, 0.4) is 0 Å². The Bertz CT molecular complexity index is 403. The first-order valence-electron chi connectivity index (χ1n) is 7.06. The van der Waals surface area contributed by atoms with E-state index in [-0.39, 0.29) is 11.3 Å². The molecule has 0 saturated carbocycles. The third kappa shape index (κ3) is 4.38. The zero-order chi connectivity index (χ0) is 14.5. The summed E-state index contributed by atoms with van der Waals surface area (Å²) in [6.07, 6.45) is 10.7. The molecule has 1 rings (SSSR count). The highest BCUT2D eigenvalue weighted by Gasteiger charge is 2.35. The number of hydrogen-bond acceptors (Lipinski definition) is 1. The lowest BCUT2D eigenvalue weighted by Gasteiger charge is -2.31. The van der Waals surface area contributed by atoms with Gasteiger partial charge >= 0.3 is 5.97 Å². The molecule has 2 nitrogen and oxygen atoms in total. The number of carboxylic acid groups (broad SMARTS) is 1. The molecule has 0 radical (unpaired) electrons. The van der Waals surface area contributed by atoms with Crippen LogP contribution in [0.2, 0.25) is 0 Å². The summed E-state index contributed by atoms with van der Waals surface area (Å²) in [6.45, 7) is 10.1. The van der Waals surface area contributed by atoms with Crippen LogP contribution in [0.15, 0.2) is 36.0 Å². The molecule has 1 aliphatic carbocycles. The van der Waals surface area contributed by atoms with E-state index >= 15 is 0 Å². The van der Waals surface area contributed by atoms with Crippen molar-refractivity contribution in [1.29, 1.82) is 0 Å². The second kappa shape index (κ2) is 6.74. The Morgan fingerprint density at radius 1 is 1.37 bits per heavy atom. The van der Waals surface area contributed by atoms with Gasteiger partial charge in [-0.2, -0.15) is 0 Å². The summed E-state index contributed by atoms with van der Waals surface area (Å²) in [7, 11) is 0. The zero-order valence-corrected chi connectivity index (χ0v) is 12.4. The second-order valence-corrected chi connectivity index (χ2v) is 5.98. The van der Waals surface area contributed by atoms with Gasteiger partial charge in [0.1, 0.15) is 0 Å². The summed E-state index contributed by atoms with van der Waals surface area (Å²) in [6, 6.07) is 0. The minimum atomic E-state index is -0.708. The fraction of sp³-hybridized carbons (Fsp3) is 0.588. The lowest BCUT2D eigenvalue weighted by molar-refractivity contribution is -0.145. The molecule has 0 aliphatic heterocycles. The summed E-state index contributed by atoms with van der Waals surface area (Å²) < 4.78 is 0. The Morgan fingerprint density at radius 2 is 2.00 bits per heavy atom. The molecule has 19 heavy (non-hydrogen) atoms.